The molecule has 0 fully saturated rings. The number of hydrogen-bond acceptors (Lipinski definition) is 2. The van der Waals surface area contributed by atoms with E-state index in [1.807, 2.05) is 36.4 Å². The Bertz CT molecular complexity index is 615. The summed E-state index contributed by atoms with van der Waals surface area (Å²) in [5.41, 5.74) is 2.35. The van der Waals surface area contributed by atoms with Crippen LogP contribution in [0, 0.1) is 0 Å². The molecule has 4 heteroatoms. The van der Waals surface area contributed by atoms with E-state index in [0.29, 0.717) is 16.1 Å². The summed E-state index contributed by atoms with van der Waals surface area (Å²) in [6, 6.07) is 14.2. The lowest BCUT2D eigenvalue weighted by molar-refractivity contribution is 0.252. The molecule has 0 aromatic heterocycles. The maximum Gasteiger partial charge on any atom is 0.124 e. The predicted molar refractivity (Wildman–Crippen MR) is 82.6 cm³/mol. The van der Waals surface area contributed by atoms with Crippen LogP contribution >= 0.6 is 23.2 Å². The van der Waals surface area contributed by atoms with Crippen molar-refractivity contribution in [3.8, 4) is 5.75 Å². The molecule has 0 amide bonds. The largest absolute Gasteiger partial charge is 0.493 e. The van der Waals surface area contributed by atoms with E-state index in [0.717, 1.165) is 30.9 Å². The Balaban J connectivity index is 1.71. The fraction of sp³-hybridized carbons (Fsp3) is 0.250. The van der Waals surface area contributed by atoms with E-state index < -0.39 is 0 Å². The minimum atomic E-state index is 0.314. The standard InChI is InChI=1S/C16H15Cl2NO/c17-13-6-5-11(9-14(13)18)10-19-15-7-8-20-16-4-2-1-3-12(15)16/h1-6,9,15,19H,7-8,10H2. The van der Waals surface area contributed by atoms with E-state index in [1.54, 1.807) is 0 Å². The van der Waals surface area contributed by atoms with Crippen LogP contribution in [0.2, 0.25) is 10.0 Å². The van der Waals surface area contributed by atoms with Crippen LogP contribution < -0.4 is 10.1 Å². The van der Waals surface area contributed by atoms with Gasteiger partial charge in [0.25, 0.3) is 0 Å². The number of fused-ring (bicyclic) bond motifs is 1. The lowest BCUT2D eigenvalue weighted by Gasteiger charge is -2.26. The van der Waals surface area contributed by atoms with Crippen LogP contribution in [0.3, 0.4) is 0 Å². The zero-order chi connectivity index (χ0) is 13.9. The monoisotopic (exact) mass is 307 g/mol. The maximum absolute atomic E-state index is 6.04. The number of nitrogens with one attached hydrogen (secondary N) is 1. The molecule has 1 heterocycles. The summed E-state index contributed by atoms with van der Waals surface area (Å²) in [4.78, 5) is 0. The SMILES string of the molecule is Clc1ccc(CNC2CCOc3ccccc32)cc1Cl. The number of rotatable bonds is 3. The minimum absolute atomic E-state index is 0.314. The van der Waals surface area contributed by atoms with E-state index in [4.69, 9.17) is 27.9 Å². The summed E-state index contributed by atoms with van der Waals surface area (Å²) < 4.78 is 5.66. The molecule has 0 spiro atoms. The Morgan fingerprint density at radius 2 is 1.95 bits per heavy atom. The van der Waals surface area contributed by atoms with E-state index in [-0.39, 0.29) is 0 Å². The first kappa shape index (κ1) is 13.7. The summed E-state index contributed by atoms with van der Waals surface area (Å²) in [6.45, 7) is 1.51. The van der Waals surface area contributed by atoms with Crippen LogP contribution in [0.1, 0.15) is 23.6 Å². The van der Waals surface area contributed by atoms with Gasteiger partial charge in [-0.2, -0.15) is 0 Å². The molecule has 0 radical (unpaired) electrons. The second kappa shape index (κ2) is 6.04. The summed E-state index contributed by atoms with van der Waals surface area (Å²) in [5, 5.41) is 4.74. The first-order valence-electron chi connectivity index (χ1n) is 6.63. The second-order valence-electron chi connectivity index (χ2n) is 4.86. The lowest BCUT2D eigenvalue weighted by Crippen LogP contribution is -2.26. The van der Waals surface area contributed by atoms with Gasteiger partial charge < -0.3 is 10.1 Å². The molecule has 0 saturated carbocycles. The first-order valence-corrected chi connectivity index (χ1v) is 7.38. The second-order valence-corrected chi connectivity index (χ2v) is 5.67. The normalized spacial score (nSPS) is 17.4. The number of halogens is 2. The number of hydrogen-bond donors (Lipinski definition) is 1. The van der Waals surface area contributed by atoms with Crippen LogP contribution in [0.15, 0.2) is 42.5 Å². The van der Waals surface area contributed by atoms with Crippen molar-refractivity contribution in [2.24, 2.45) is 0 Å². The van der Waals surface area contributed by atoms with E-state index in [1.165, 1.54) is 5.56 Å². The van der Waals surface area contributed by atoms with E-state index in [9.17, 15) is 0 Å². The molecule has 0 bridgehead atoms. The van der Waals surface area contributed by atoms with Crippen molar-refractivity contribution in [3.63, 3.8) is 0 Å². The Morgan fingerprint density at radius 3 is 2.80 bits per heavy atom. The molecule has 1 aliphatic rings. The molecular formula is C16H15Cl2NO. The summed E-state index contributed by atoms with van der Waals surface area (Å²) >= 11 is 12.0. The molecule has 2 nitrogen and oxygen atoms in total. The molecule has 1 N–H and O–H groups in total. The van der Waals surface area contributed by atoms with Gasteiger partial charge in [0.05, 0.1) is 16.7 Å². The zero-order valence-corrected chi connectivity index (χ0v) is 12.4. The molecule has 1 aliphatic heterocycles. The van der Waals surface area contributed by atoms with Gasteiger partial charge >= 0.3 is 0 Å². The van der Waals surface area contributed by atoms with Crippen LogP contribution in [0.4, 0.5) is 0 Å². The van der Waals surface area contributed by atoms with Crippen molar-refractivity contribution in [3.05, 3.63) is 63.6 Å². The van der Waals surface area contributed by atoms with Crippen molar-refractivity contribution < 1.29 is 4.74 Å². The van der Waals surface area contributed by atoms with Crippen molar-refractivity contribution in [1.29, 1.82) is 0 Å². The Kier molecular flexibility index (Phi) is 4.16. The highest BCUT2D eigenvalue weighted by molar-refractivity contribution is 6.42. The van der Waals surface area contributed by atoms with Gasteiger partial charge in [-0.3, -0.25) is 0 Å². The average molecular weight is 308 g/mol. The van der Waals surface area contributed by atoms with Gasteiger partial charge in [0.15, 0.2) is 0 Å². The number of para-hydroxylation sites is 1. The van der Waals surface area contributed by atoms with Crippen LogP contribution in [-0.2, 0) is 6.54 Å². The minimum Gasteiger partial charge on any atom is -0.493 e. The van der Waals surface area contributed by atoms with Crippen LogP contribution in [0.5, 0.6) is 5.75 Å². The topological polar surface area (TPSA) is 21.3 Å². The van der Waals surface area contributed by atoms with Gasteiger partial charge in [0, 0.05) is 24.6 Å². The fourth-order valence-corrected chi connectivity index (χ4v) is 2.77. The van der Waals surface area contributed by atoms with Gasteiger partial charge in [0.2, 0.25) is 0 Å². The van der Waals surface area contributed by atoms with E-state index >= 15 is 0 Å². The molecule has 104 valence electrons. The van der Waals surface area contributed by atoms with Gasteiger partial charge in [-0.1, -0.05) is 47.5 Å². The van der Waals surface area contributed by atoms with Crippen molar-refractivity contribution >= 4 is 23.2 Å². The smallest absolute Gasteiger partial charge is 0.124 e. The molecule has 0 saturated heterocycles. The van der Waals surface area contributed by atoms with Gasteiger partial charge in [0.1, 0.15) is 5.75 Å². The van der Waals surface area contributed by atoms with E-state index in [2.05, 4.69) is 11.4 Å². The van der Waals surface area contributed by atoms with Gasteiger partial charge in [-0.25, -0.2) is 0 Å². The Morgan fingerprint density at radius 1 is 1.10 bits per heavy atom. The lowest BCUT2D eigenvalue weighted by atomic mass is 10.0. The highest BCUT2D eigenvalue weighted by Crippen LogP contribution is 2.32. The zero-order valence-electron chi connectivity index (χ0n) is 10.9. The summed E-state index contributed by atoms with van der Waals surface area (Å²) in [5.74, 6) is 0.977. The fourth-order valence-electron chi connectivity index (χ4n) is 2.44. The number of benzene rings is 2. The molecule has 2 aromatic carbocycles. The Hall–Kier alpha value is -1.22. The maximum atomic E-state index is 6.04. The van der Waals surface area contributed by atoms with Crippen LogP contribution in [-0.4, -0.2) is 6.61 Å². The first-order chi connectivity index (χ1) is 9.74. The van der Waals surface area contributed by atoms with Crippen molar-refractivity contribution in [2.75, 3.05) is 6.61 Å². The summed E-state index contributed by atoms with van der Waals surface area (Å²) in [6.07, 6.45) is 0.971. The highest BCUT2D eigenvalue weighted by atomic mass is 35.5. The van der Waals surface area contributed by atoms with Crippen LogP contribution in [0.25, 0.3) is 0 Å². The Labute approximate surface area is 128 Å². The van der Waals surface area contributed by atoms with Crippen molar-refractivity contribution in [1.82, 2.24) is 5.32 Å². The highest BCUT2D eigenvalue weighted by Gasteiger charge is 2.20. The third-order valence-electron chi connectivity index (χ3n) is 3.50. The third kappa shape index (κ3) is 2.93. The summed E-state index contributed by atoms with van der Waals surface area (Å²) in [7, 11) is 0. The third-order valence-corrected chi connectivity index (χ3v) is 4.23. The number of ether oxygens (including phenoxy) is 1. The van der Waals surface area contributed by atoms with Gasteiger partial charge in [-0.05, 0) is 23.8 Å². The molecule has 20 heavy (non-hydrogen) atoms. The molecule has 3 rings (SSSR count). The molecule has 1 atom stereocenters. The van der Waals surface area contributed by atoms with Gasteiger partial charge in [-0.15, -0.1) is 0 Å². The quantitative estimate of drug-likeness (QED) is 0.894. The molecule has 2 aromatic rings. The predicted octanol–water partition coefficient (Wildman–Crippen LogP) is 4.61. The average Bonchev–Trinajstić information content (AvgIpc) is 2.48. The molecule has 1 unspecified atom stereocenters. The molecular weight excluding hydrogens is 293 g/mol. The molecule has 0 aliphatic carbocycles. The van der Waals surface area contributed by atoms with Crippen molar-refractivity contribution in [2.45, 2.75) is 19.0 Å².